The van der Waals surface area contributed by atoms with E-state index in [9.17, 15) is 17.2 Å². The van der Waals surface area contributed by atoms with E-state index in [4.69, 9.17) is 4.98 Å². The Morgan fingerprint density at radius 3 is 2.68 bits per heavy atom. The lowest BCUT2D eigenvalue weighted by molar-refractivity contribution is 0.259. The summed E-state index contributed by atoms with van der Waals surface area (Å²) in [7, 11) is -2.90. The van der Waals surface area contributed by atoms with Gasteiger partial charge >= 0.3 is 0 Å². The minimum Gasteiger partial charge on any atom is -0.229 e. The van der Waals surface area contributed by atoms with Gasteiger partial charge in [0.05, 0.1) is 39.6 Å². The Morgan fingerprint density at radius 2 is 1.89 bits per heavy atom. The van der Waals surface area contributed by atoms with Crippen molar-refractivity contribution < 1.29 is 17.2 Å². The van der Waals surface area contributed by atoms with E-state index in [1.54, 1.807) is 18.6 Å². The van der Waals surface area contributed by atoms with Crippen LogP contribution in [0.1, 0.15) is 35.1 Å². The lowest BCUT2D eigenvalue weighted by Crippen LogP contribution is -2.41. The van der Waals surface area contributed by atoms with Crippen molar-refractivity contribution in [3.63, 3.8) is 0 Å². The van der Waals surface area contributed by atoms with Crippen LogP contribution in [-0.2, 0) is 21.7 Å². The third-order valence-corrected chi connectivity index (χ3v) is 10.4. The molecule has 4 aliphatic rings. The fraction of sp³-hybridized carbons (Fsp3) is 0.360. The molecule has 4 heterocycles. The Kier molecular flexibility index (Phi) is 4.05. The highest BCUT2D eigenvalue weighted by Crippen LogP contribution is 2.82. The molecule has 2 saturated carbocycles. The van der Waals surface area contributed by atoms with Crippen molar-refractivity contribution >= 4 is 9.84 Å². The second-order valence-electron chi connectivity index (χ2n) is 10.5. The molecular formula is C25H19F2N7O2S. The predicted octanol–water partition coefficient (Wildman–Crippen LogP) is 2.41. The third kappa shape index (κ3) is 2.90. The molecule has 4 aromatic rings. The van der Waals surface area contributed by atoms with E-state index in [2.05, 4.69) is 25.3 Å². The Hall–Kier alpha value is -3.67. The summed E-state index contributed by atoms with van der Waals surface area (Å²) < 4.78 is 53.2. The predicted molar refractivity (Wildman–Crippen MR) is 125 cm³/mol. The van der Waals surface area contributed by atoms with Gasteiger partial charge in [0, 0.05) is 12.6 Å². The van der Waals surface area contributed by atoms with Gasteiger partial charge in [-0.3, -0.25) is 0 Å². The number of benzene rings is 1. The molecule has 3 fully saturated rings. The van der Waals surface area contributed by atoms with Gasteiger partial charge in [-0.25, -0.2) is 32.2 Å². The molecule has 0 amide bonds. The van der Waals surface area contributed by atoms with Crippen molar-refractivity contribution in [2.24, 2.45) is 17.8 Å². The number of hydrogen-bond acceptors (Lipinski definition) is 8. The normalized spacial score (nSPS) is 28.2. The number of nitrogens with zero attached hydrogens (tertiary/aromatic N) is 7. The summed E-state index contributed by atoms with van der Waals surface area (Å²) in [6.45, 7) is 0. The first-order valence-corrected chi connectivity index (χ1v) is 13.9. The van der Waals surface area contributed by atoms with E-state index in [0.717, 1.165) is 23.4 Å². The minimum atomic E-state index is -2.90. The molecule has 3 aliphatic carbocycles. The zero-order chi connectivity index (χ0) is 25.1. The van der Waals surface area contributed by atoms with Crippen molar-refractivity contribution in [3.8, 4) is 17.2 Å². The molecule has 2 unspecified atom stereocenters. The van der Waals surface area contributed by atoms with Crippen LogP contribution in [0.3, 0.4) is 0 Å². The number of hydrogen-bond donors (Lipinski definition) is 0. The van der Waals surface area contributed by atoms with Crippen LogP contribution < -0.4 is 0 Å². The van der Waals surface area contributed by atoms with Crippen LogP contribution in [0, 0.1) is 29.4 Å². The van der Waals surface area contributed by atoms with Crippen LogP contribution in [0.15, 0.2) is 42.9 Å². The van der Waals surface area contributed by atoms with E-state index < -0.39 is 26.9 Å². The molecule has 0 bridgehead atoms. The van der Waals surface area contributed by atoms with Crippen molar-refractivity contribution in [2.45, 2.75) is 24.2 Å². The maximum Gasteiger partial charge on any atom is 0.252 e. The smallest absolute Gasteiger partial charge is 0.229 e. The molecule has 1 aromatic carbocycles. The van der Waals surface area contributed by atoms with Crippen LogP contribution in [-0.4, -0.2) is 54.9 Å². The van der Waals surface area contributed by atoms with E-state index in [-0.39, 0.29) is 34.6 Å². The maximum absolute atomic E-state index is 14.4. The molecule has 0 spiro atoms. The van der Waals surface area contributed by atoms with Gasteiger partial charge in [0.15, 0.2) is 15.7 Å². The molecule has 1 aliphatic heterocycles. The largest absolute Gasteiger partial charge is 0.252 e. The summed E-state index contributed by atoms with van der Waals surface area (Å²) in [6, 6.07) is 7.44. The second-order valence-corrected chi connectivity index (χ2v) is 12.7. The number of sulfone groups is 1. The fourth-order valence-electron chi connectivity index (χ4n) is 6.83. The Balaban J connectivity index is 1.13. The van der Waals surface area contributed by atoms with Gasteiger partial charge in [-0.05, 0) is 59.9 Å². The number of halogens is 2. The monoisotopic (exact) mass is 519 g/mol. The van der Waals surface area contributed by atoms with Crippen molar-refractivity contribution in [1.82, 2.24) is 34.9 Å². The average Bonchev–Trinajstić information content (AvgIpc) is 3.13. The van der Waals surface area contributed by atoms with Gasteiger partial charge in [0.2, 0.25) is 0 Å². The molecule has 37 heavy (non-hydrogen) atoms. The summed E-state index contributed by atoms with van der Waals surface area (Å²) in [6.07, 6.45) is 4.62. The molecule has 0 N–H and O–H groups in total. The fourth-order valence-corrected chi connectivity index (χ4v) is 8.41. The summed E-state index contributed by atoms with van der Waals surface area (Å²) in [5.74, 6) is 1.13. The van der Waals surface area contributed by atoms with Crippen LogP contribution in [0.5, 0.6) is 0 Å². The van der Waals surface area contributed by atoms with Crippen LogP contribution in [0.4, 0.5) is 8.78 Å². The van der Waals surface area contributed by atoms with Crippen LogP contribution in [0.2, 0.25) is 0 Å². The molecule has 12 heteroatoms. The van der Waals surface area contributed by atoms with Gasteiger partial charge in [0.25, 0.3) is 5.95 Å². The molecule has 186 valence electrons. The first-order valence-electron chi connectivity index (χ1n) is 12.1. The topological polar surface area (TPSA) is 116 Å². The van der Waals surface area contributed by atoms with Gasteiger partial charge in [0.1, 0.15) is 18.0 Å². The van der Waals surface area contributed by atoms with E-state index in [0.29, 0.717) is 30.0 Å². The molecule has 1 saturated heterocycles. The lowest BCUT2D eigenvalue weighted by atomic mass is 9.64. The van der Waals surface area contributed by atoms with E-state index >= 15 is 0 Å². The van der Waals surface area contributed by atoms with Crippen molar-refractivity contribution in [1.29, 1.82) is 0 Å². The Bertz CT molecular complexity index is 1710. The second kappa shape index (κ2) is 7.00. The Labute approximate surface area is 209 Å². The number of aromatic nitrogens is 7. The summed E-state index contributed by atoms with van der Waals surface area (Å²) >= 11 is 0. The maximum atomic E-state index is 14.4. The lowest BCUT2D eigenvalue weighted by Gasteiger charge is -2.40. The summed E-state index contributed by atoms with van der Waals surface area (Å²) in [5, 5.41) is 13.2. The van der Waals surface area contributed by atoms with Gasteiger partial charge in [-0.1, -0.05) is 6.07 Å². The molecule has 0 radical (unpaired) electrons. The van der Waals surface area contributed by atoms with Gasteiger partial charge in [-0.15, -0.1) is 10.2 Å². The van der Waals surface area contributed by atoms with E-state index in [1.165, 1.54) is 22.9 Å². The molecule has 4 atom stereocenters. The van der Waals surface area contributed by atoms with Crippen molar-refractivity contribution in [2.75, 3.05) is 11.5 Å². The molecule has 3 aromatic heterocycles. The zero-order valence-electron chi connectivity index (χ0n) is 19.3. The number of fused-ring (bicyclic) bond motifs is 4. The van der Waals surface area contributed by atoms with Gasteiger partial charge in [-0.2, -0.15) is 9.78 Å². The molecule has 8 rings (SSSR count). The SMILES string of the molecule is O=S1(=O)CC(Cc2ncn(-c3nccc([C@]45CC6C4[C@@H]6c4cc(-c6c(F)cccc6F)nnc45)n3)n2)C1. The quantitative estimate of drug-likeness (QED) is 0.395. The summed E-state index contributed by atoms with van der Waals surface area (Å²) in [5.41, 5.74) is 2.28. The van der Waals surface area contributed by atoms with Crippen molar-refractivity contribution in [3.05, 3.63) is 77.3 Å². The minimum absolute atomic E-state index is 0.0435. The highest BCUT2D eigenvalue weighted by Gasteiger charge is 2.79. The highest BCUT2D eigenvalue weighted by molar-refractivity contribution is 7.92. The standard InChI is InChI=1S/C25H19F2N7O2S/c26-15-2-1-3-16(27)21(15)17-7-13-20-14-8-25(22(14)20,23(13)32-31-17)18-4-5-28-24(30-18)34-11-29-19(33-34)6-12-9-37(35,36)10-12/h1-5,7,11-12,14,20,22H,6,8-10H2/t14?,20-,22?,25-/m1/s1. The van der Waals surface area contributed by atoms with Gasteiger partial charge < -0.3 is 0 Å². The third-order valence-electron chi connectivity index (χ3n) is 8.41. The highest BCUT2D eigenvalue weighted by atomic mass is 32.2. The zero-order valence-corrected chi connectivity index (χ0v) is 20.1. The average molecular weight is 520 g/mol. The first kappa shape index (κ1) is 21.4. The van der Waals surface area contributed by atoms with Crippen LogP contribution >= 0.6 is 0 Å². The Morgan fingerprint density at radius 1 is 1.08 bits per heavy atom. The summed E-state index contributed by atoms with van der Waals surface area (Å²) in [4.78, 5) is 13.5. The first-order chi connectivity index (χ1) is 17.8. The molecular weight excluding hydrogens is 500 g/mol. The number of rotatable bonds is 5. The van der Waals surface area contributed by atoms with E-state index in [1.807, 2.05) is 6.07 Å². The van der Waals surface area contributed by atoms with Crippen LogP contribution in [0.25, 0.3) is 17.2 Å². The molecule has 9 nitrogen and oxygen atoms in total.